The molecule has 0 aliphatic carbocycles. The molecule has 8 heteroatoms. The molecule has 5 aromatic rings. The first kappa shape index (κ1) is 30.5. The normalized spacial score (nSPS) is 17.6. The Morgan fingerprint density at radius 2 is 1.82 bits per heavy atom. The molecule has 1 aliphatic rings. The van der Waals surface area contributed by atoms with Crippen LogP contribution in [0, 0.1) is 18.3 Å². The van der Waals surface area contributed by atoms with Gasteiger partial charge in [0.2, 0.25) is 5.95 Å². The summed E-state index contributed by atoms with van der Waals surface area (Å²) in [6.07, 6.45) is 4.95. The number of ether oxygens (including phenoxy) is 1. The Kier molecular flexibility index (Phi) is 9.22. The molecule has 1 aliphatic heterocycles. The zero-order valence-electron chi connectivity index (χ0n) is 25.7. The number of nitrogens with one attached hydrogen (secondary N) is 1. The van der Waals surface area contributed by atoms with Crippen LogP contribution in [0.2, 0.25) is 0 Å². The number of quaternary nitrogens is 1. The highest BCUT2D eigenvalue weighted by molar-refractivity contribution is 7.16. The summed E-state index contributed by atoms with van der Waals surface area (Å²) in [5, 5.41) is 23.2. The van der Waals surface area contributed by atoms with E-state index < -0.39 is 0 Å². The largest absolute Gasteiger partial charge is 0.493 e. The maximum absolute atomic E-state index is 10.1. The topological polar surface area (TPSA) is 91.1 Å². The predicted octanol–water partition coefficient (Wildman–Crippen LogP) is 7.83. The monoisotopic (exact) mass is 616 g/mol. The smallest absolute Gasteiger partial charge is 0.227 e. The lowest BCUT2D eigenvalue weighted by Gasteiger charge is -2.35. The summed E-state index contributed by atoms with van der Waals surface area (Å²) in [7, 11) is 2.25. The molecular weight excluding hydrogens is 579 g/mol. The van der Waals surface area contributed by atoms with Gasteiger partial charge in [0.1, 0.15) is 17.9 Å². The van der Waals surface area contributed by atoms with Crippen LogP contribution in [0.25, 0.3) is 32.8 Å². The molecule has 1 unspecified atom stereocenters. The Hall–Kier alpha value is -4.55. The van der Waals surface area contributed by atoms with Crippen molar-refractivity contribution in [3.8, 4) is 44.6 Å². The minimum atomic E-state index is 0.253. The summed E-state index contributed by atoms with van der Waals surface area (Å²) in [6.45, 7) is 4.98. The first-order chi connectivity index (χ1) is 22.0. The van der Waals surface area contributed by atoms with E-state index in [9.17, 15) is 10.4 Å². The highest BCUT2D eigenvalue weighted by Crippen LogP contribution is 2.43. The molecule has 6 rings (SSSR count). The number of thiophene rings is 1. The van der Waals surface area contributed by atoms with Crippen LogP contribution >= 0.6 is 11.3 Å². The number of hydrogen-bond acceptors (Lipinski definition) is 7. The SMILES string of the molecule is Cc1sc(-c2ccnc(Nc3cccc(OCCC[N+]4(C)CCC[C@H]4CO)c3)n2)c(-c2cccc(-c3ccccc3)c2)c1C#N. The third kappa shape index (κ3) is 6.76. The fourth-order valence-corrected chi connectivity index (χ4v) is 7.44. The van der Waals surface area contributed by atoms with Crippen LogP contribution in [-0.2, 0) is 0 Å². The number of aliphatic hydroxyl groups is 1. The van der Waals surface area contributed by atoms with Crippen LogP contribution in [0.3, 0.4) is 0 Å². The van der Waals surface area contributed by atoms with E-state index in [2.05, 4.69) is 53.7 Å². The van der Waals surface area contributed by atoms with E-state index in [4.69, 9.17) is 9.72 Å². The van der Waals surface area contributed by atoms with E-state index >= 15 is 0 Å². The van der Waals surface area contributed by atoms with E-state index in [1.807, 2.05) is 61.5 Å². The van der Waals surface area contributed by atoms with Crippen molar-refractivity contribution in [1.29, 1.82) is 5.26 Å². The summed E-state index contributed by atoms with van der Waals surface area (Å²) in [5.74, 6) is 1.26. The van der Waals surface area contributed by atoms with E-state index in [0.29, 0.717) is 24.2 Å². The first-order valence-electron chi connectivity index (χ1n) is 15.4. The standard InChI is InChI=1S/C37H38N5O2S/c1-26-33(24-38)35(29-13-6-12-28(22-29)27-10-4-3-5-11-27)36(45-26)34-17-18-39-37(41-34)40-30-14-7-16-32(23-30)44-21-9-20-42(2)19-8-15-31(42)25-43/h3-7,10-14,16-18,22-23,31,43H,8-9,15,19-21,25H2,1-2H3,(H,39,40,41)/q+1/t31-,42?/m0/s1. The minimum absolute atomic E-state index is 0.253. The Morgan fingerprint density at radius 3 is 2.64 bits per heavy atom. The highest BCUT2D eigenvalue weighted by atomic mass is 32.1. The zero-order valence-corrected chi connectivity index (χ0v) is 26.6. The van der Waals surface area contributed by atoms with Crippen molar-refractivity contribution in [2.24, 2.45) is 0 Å². The van der Waals surface area contributed by atoms with Crippen molar-refractivity contribution in [2.75, 3.05) is 38.7 Å². The second-order valence-electron chi connectivity index (χ2n) is 11.8. The lowest BCUT2D eigenvalue weighted by Crippen LogP contribution is -2.50. The lowest BCUT2D eigenvalue weighted by molar-refractivity contribution is -0.921. The molecule has 45 heavy (non-hydrogen) atoms. The number of aromatic nitrogens is 2. The average Bonchev–Trinajstić information content (AvgIpc) is 3.62. The fourth-order valence-electron chi connectivity index (χ4n) is 6.34. The number of aliphatic hydroxyl groups excluding tert-OH is 1. The van der Waals surface area contributed by atoms with Gasteiger partial charge in [0.15, 0.2) is 0 Å². The molecule has 0 saturated carbocycles. The second-order valence-corrected chi connectivity index (χ2v) is 13.0. The predicted molar refractivity (Wildman–Crippen MR) is 182 cm³/mol. The molecule has 228 valence electrons. The average molecular weight is 617 g/mol. The maximum atomic E-state index is 10.1. The molecule has 0 spiro atoms. The van der Waals surface area contributed by atoms with Crippen LogP contribution < -0.4 is 10.1 Å². The number of nitrogens with zero attached hydrogens (tertiary/aromatic N) is 4. The number of anilines is 2. The number of aryl methyl sites for hydroxylation is 1. The third-order valence-electron chi connectivity index (χ3n) is 8.81. The molecule has 1 fully saturated rings. The molecule has 0 bridgehead atoms. The van der Waals surface area contributed by atoms with Gasteiger partial charge in [-0.2, -0.15) is 5.26 Å². The number of rotatable bonds is 11. The number of benzene rings is 3. The molecule has 1 saturated heterocycles. The molecule has 0 radical (unpaired) electrons. The fraction of sp³-hybridized carbons (Fsp3) is 0.270. The number of nitriles is 1. The summed E-state index contributed by atoms with van der Waals surface area (Å²) < 4.78 is 7.03. The highest BCUT2D eigenvalue weighted by Gasteiger charge is 2.36. The van der Waals surface area contributed by atoms with Crippen molar-refractivity contribution >= 4 is 23.0 Å². The van der Waals surface area contributed by atoms with Gasteiger partial charge in [-0.25, -0.2) is 9.97 Å². The third-order valence-corrected chi connectivity index (χ3v) is 9.94. The van der Waals surface area contributed by atoms with Crippen molar-refractivity contribution in [3.05, 3.63) is 102 Å². The van der Waals surface area contributed by atoms with Gasteiger partial charge >= 0.3 is 0 Å². The second kappa shape index (κ2) is 13.6. The summed E-state index contributed by atoms with van der Waals surface area (Å²) in [6, 6.07) is 31.1. The molecular formula is C37H38N5O2S+. The summed E-state index contributed by atoms with van der Waals surface area (Å²) >= 11 is 1.58. The molecule has 3 heterocycles. The van der Waals surface area contributed by atoms with Gasteiger partial charge in [-0.1, -0.05) is 54.6 Å². The van der Waals surface area contributed by atoms with Crippen LogP contribution in [0.5, 0.6) is 5.75 Å². The van der Waals surface area contributed by atoms with Gasteiger partial charge in [-0.05, 0) is 47.9 Å². The van der Waals surface area contributed by atoms with Gasteiger partial charge < -0.3 is 19.6 Å². The zero-order chi connectivity index (χ0) is 31.2. The maximum Gasteiger partial charge on any atom is 0.227 e. The van der Waals surface area contributed by atoms with Gasteiger partial charge in [0.05, 0.1) is 49.5 Å². The lowest BCUT2D eigenvalue weighted by atomic mass is 9.96. The van der Waals surface area contributed by atoms with Gasteiger partial charge in [0.25, 0.3) is 0 Å². The summed E-state index contributed by atoms with van der Waals surface area (Å²) in [5.41, 5.74) is 6.37. The number of likely N-dealkylation sites (tertiary alicyclic amines) is 1. The van der Waals surface area contributed by atoms with Crippen molar-refractivity contribution < 1.29 is 14.3 Å². The van der Waals surface area contributed by atoms with Gasteiger partial charge in [0, 0.05) is 47.7 Å². The molecule has 0 amide bonds. The molecule has 2 atom stereocenters. The van der Waals surface area contributed by atoms with Crippen LogP contribution in [0.1, 0.15) is 29.7 Å². The molecule has 2 N–H and O–H groups in total. The Bertz CT molecular complexity index is 1820. The van der Waals surface area contributed by atoms with E-state index in [1.54, 1.807) is 17.5 Å². The molecule has 3 aromatic carbocycles. The van der Waals surface area contributed by atoms with E-state index in [0.717, 1.165) is 79.6 Å². The van der Waals surface area contributed by atoms with Crippen molar-refractivity contribution in [2.45, 2.75) is 32.2 Å². The Labute approximate surface area is 269 Å². The molecule has 7 nitrogen and oxygen atoms in total. The van der Waals surface area contributed by atoms with Gasteiger partial charge in [-0.3, -0.25) is 0 Å². The van der Waals surface area contributed by atoms with E-state index in [1.165, 1.54) is 6.42 Å². The van der Waals surface area contributed by atoms with E-state index in [-0.39, 0.29) is 6.61 Å². The van der Waals surface area contributed by atoms with Crippen LogP contribution in [0.15, 0.2) is 91.1 Å². The van der Waals surface area contributed by atoms with Gasteiger partial charge in [-0.15, -0.1) is 11.3 Å². The molecule has 2 aromatic heterocycles. The Balaban J connectivity index is 1.19. The van der Waals surface area contributed by atoms with Crippen molar-refractivity contribution in [1.82, 2.24) is 9.97 Å². The first-order valence-corrected chi connectivity index (χ1v) is 16.3. The quantitative estimate of drug-likeness (QED) is 0.116. The van der Waals surface area contributed by atoms with Crippen LogP contribution in [0.4, 0.5) is 11.6 Å². The minimum Gasteiger partial charge on any atom is -0.493 e. The van der Waals surface area contributed by atoms with Crippen molar-refractivity contribution in [3.63, 3.8) is 0 Å². The number of likely N-dealkylation sites (N-methyl/N-ethyl adjacent to an activating group) is 1. The van der Waals surface area contributed by atoms with Crippen LogP contribution in [-0.4, -0.2) is 59.0 Å². The summed E-state index contributed by atoms with van der Waals surface area (Å²) in [4.78, 5) is 11.3. The number of hydrogen-bond donors (Lipinski definition) is 2. The Morgan fingerprint density at radius 1 is 1.02 bits per heavy atom.